The van der Waals surface area contributed by atoms with Crippen LogP contribution in [0.2, 0.25) is 0 Å². The number of rotatable bonds is 6. The van der Waals surface area contributed by atoms with E-state index in [1.54, 1.807) is 0 Å². The molecule has 1 rings (SSSR count). The van der Waals surface area contributed by atoms with Crippen LogP contribution in [0.4, 0.5) is 0 Å². The van der Waals surface area contributed by atoms with Crippen molar-refractivity contribution in [2.24, 2.45) is 29.1 Å². The van der Waals surface area contributed by atoms with Crippen molar-refractivity contribution in [1.82, 2.24) is 4.90 Å². The van der Waals surface area contributed by atoms with E-state index in [9.17, 15) is 0 Å². The fraction of sp³-hybridized carbons (Fsp3) is 0.905. The largest absolute Gasteiger partial charge is 0.303 e. The molecule has 22 heavy (non-hydrogen) atoms. The van der Waals surface area contributed by atoms with Gasteiger partial charge in [0.1, 0.15) is 0 Å². The van der Waals surface area contributed by atoms with E-state index in [0.29, 0.717) is 11.3 Å². The van der Waals surface area contributed by atoms with Crippen LogP contribution in [0.3, 0.4) is 0 Å². The summed E-state index contributed by atoms with van der Waals surface area (Å²) >= 11 is 0. The summed E-state index contributed by atoms with van der Waals surface area (Å²) in [5.41, 5.74) is 1.77. The third-order valence-corrected chi connectivity index (χ3v) is 6.91. The zero-order valence-electron chi connectivity index (χ0n) is 16.6. The monoisotopic (exact) mass is 307 g/mol. The first-order chi connectivity index (χ1) is 10.1. The van der Waals surface area contributed by atoms with E-state index in [0.717, 1.165) is 30.3 Å². The molecule has 0 aromatic heterocycles. The Kier molecular flexibility index (Phi) is 7.18. The highest BCUT2D eigenvalue weighted by molar-refractivity contribution is 5.00. The van der Waals surface area contributed by atoms with Crippen molar-refractivity contribution in [3.63, 3.8) is 0 Å². The summed E-state index contributed by atoms with van der Waals surface area (Å²) in [6.07, 6.45) is 5.44. The second-order valence-corrected chi connectivity index (χ2v) is 8.80. The molecule has 0 heterocycles. The number of allylic oxidation sites excluding steroid dienone is 1. The molecule has 130 valence electrons. The Labute approximate surface area is 140 Å². The molecule has 1 aliphatic carbocycles. The topological polar surface area (TPSA) is 3.24 Å². The Morgan fingerprint density at radius 2 is 1.82 bits per heavy atom. The molecular formula is C21H41N. The Morgan fingerprint density at radius 3 is 2.32 bits per heavy atom. The van der Waals surface area contributed by atoms with Crippen LogP contribution in [0.5, 0.6) is 0 Å². The van der Waals surface area contributed by atoms with Gasteiger partial charge in [-0.3, -0.25) is 0 Å². The maximum atomic E-state index is 4.20. The molecule has 5 unspecified atom stereocenters. The summed E-state index contributed by atoms with van der Waals surface area (Å²) in [6, 6.07) is 0.727. The van der Waals surface area contributed by atoms with Gasteiger partial charge >= 0.3 is 0 Å². The fourth-order valence-electron chi connectivity index (χ4n) is 4.72. The van der Waals surface area contributed by atoms with Gasteiger partial charge in [0.2, 0.25) is 0 Å². The third-order valence-electron chi connectivity index (χ3n) is 6.91. The Bertz CT molecular complexity index is 361. The quantitative estimate of drug-likeness (QED) is 0.429. The van der Waals surface area contributed by atoms with Gasteiger partial charge in [-0.25, -0.2) is 0 Å². The van der Waals surface area contributed by atoms with Crippen molar-refractivity contribution >= 4 is 0 Å². The van der Waals surface area contributed by atoms with Gasteiger partial charge in [-0.15, -0.1) is 0 Å². The van der Waals surface area contributed by atoms with E-state index in [1.165, 1.54) is 31.3 Å². The normalized spacial score (nSPS) is 36.0. The van der Waals surface area contributed by atoms with Crippen LogP contribution in [-0.2, 0) is 0 Å². The first-order valence-corrected chi connectivity index (χ1v) is 9.48. The second kappa shape index (κ2) is 7.99. The molecule has 0 amide bonds. The average Bonchev–Trinajstić information content (AvgIpc) is 2.54. The second-order valence-electron chi connectivity index (χ2n) is 8.80. The van der Waals surface area contributed by atoms with Crippen LogP contribution in [0, 0.1) is 29.1 Å². The van der Waals surface area contributed by atoms with E-state index >= 15 is 0 Å². The van der Waals surface area contributed by atoms with E-state index in [1.807, 2.05) is 0 Å². The zero-order chi connectivity index (χ0) is 17.1. The van der Waals surface area contributed by atoms with Gasteiger partial charge in [0.05, 0.1) is 0 Å². The third kappa shape index (κ3) is 4.60. The lowest BCUT2D eigenvalue weighted by Crippen LogP contribution is -2.45. The molecule has 0 spiro atoms. The number of hydrogen-bond acceptors (Lipinski definition) is 1. The first kappa shape index (κ1) is 19.7. The van der Waals surface area contributed by atoms with Gasteiger partial charge in [0, 0.05) is 6.04 Å². The predicted molar refractivity (Wildman–Crippen MR) is 100 cm³/mol. The summed E-state index contributed by atoms with van der Waals surface area (Å²) in [6.45, 7) is 22.2. The minimum Gasteiger partial charge on any atom is -0.303 e. The summed E-state index contributed by atoms with van der Waals surface area (Å²) < 4.78 is 0. The lowest BCUT2D eigenvalue weighted by molar-refractivity contribution is 0.0561. The molecule has 0 N–H and O–H groups in total. The van der Waals surface area contributed by atoms with Crippen molar-refractivity contribution in [1.29, 1.82) is 0 Å². The lowest BCUT2D eigenvalue weighted by atomic mass is 9.67. The first-order valence-electron chi connectivity index (χ1n) is 9.48. The maximum Gasteiger partial charge on any atom is 0.0146 e. The van der Waals surface area contributed by atoms with Crippen molar-refractivity contribution in [3.05, 3.63) is 12.2 Å². The van der Waals surface area contributed by atoms with Gasteiger partial charge in [-0.05, 0) is 75.3 Å². The summed E-state index contributed by atoms with van der Waals surface area (Å²) in [4.78, 5) is 2.61. The highest BCUT2D eigenvalue weighted by Gasteiger charge is 2.42. The highest BCUT2D eigenvalue weighted by Crippen LogP contribution is 2.47. The minimum atomic E-state index is 0.429. The minimum absolute atomic E-state index is 0.429. The van der Waals surface area contributed by atoms with E-state index in [-0.39, 0.29) is 0 Å². The number of hydrogen-bond donors (Lipinski definition) is 0. The number of nitrogens with zero attached hydrogens (tertiary/aromatic N) is 1. The van der Waals surface area contributed by atoms with Crippen molar-refractivity contribution in [3.8, 4) is 0 Å². The molecule has 1 heteroatoms. The van der Waals surface area contributed by atoms with E-state index in [2.05, 4.69) is 67.0 Å². The van der Waals surface area contributed by atoms with Crippen LogP contribution >= 0.6 is 0 Å². The van der Waals surface area contributed by atoms with Gasteiger partial charge in [-0.2, -0.15) is 0 Å². The molecular weight excluding hydrogens is 266 g/mol. The predicted octanol–water partition coefficient (Wildman–Crippen LogP) is 6.01. The highest BCUT2D eigenvalue weighted by atomic mass is 15.1. The maximum absolute atomic E-state index is 4.20. The summed E-state index contributed by atoms with van der Waals surface area (Å²) in [5, 5.41) is 0. The molecule has 1 fully saturated rings. The van der Waals surface area contributed by atoms with E-state index < -0.39 is 0 Å². The molecule has 1 aliphatic rings. The van der Waals surface area contributed by atoms with Crippen LogP contribution in [0.15, 0.2) is 12.2 Å². The van der Waals surface area contributed by atoms with Crippen LogP contribution in [0.1, 0.15) is 74.1 Å². The molecule has 0 bridgehead atoms. The van der Waals surface area contributed by atoms with Crippen LogP contribution in [0.25, 0.3) is 0 Å². The van der Waals surface area contributed by atoms with Crippen LogP contribution < -0.4 is 0 Å². The summed E-state index contributed by atoms with van der Waals surface area (Å²) in [5.74, 6) is 3.05. The van der Waals surface area contributed by atoms with Gasteiger partial charge < -0.3 is 4.90 Å². The molecule has 1 saturated carbocycles. The molecule has 1 nitrogen and oxygen atoms in total. The van der Waals surface area contributed by atoms with Crippen LogP contribution in [-0.4, -0.2) is 24.5 Å². The molecule has 0 radical (unpaired) electrons. The van der Waals surface area contributed by atoms with Crippen molar-refractivity contribution < 1.29 is 0 Å². The van der Waals surface area contributed by atoms with Gasteiger partial charge in [0.25, 0.3) is 0 Å². The van der Waals surface area contributed by atoms with Crippen molar-refractivity contribution in [2.45, 2.75) is 80.2 Å². The van der Waals surface area contributed by atoms with Gasteiger partial charge in [-0.1, -0.05) is 53.7 Å². The smallest absolute Gasteiger partial charge is 0.0146 e. The molecule has 0 aromatic rings. The standard InChI is InChI=1S/C21H41N/c1-10-22(9)20-12-11-16(4)17(5)13-21(20,8)14-18(6)19(7)15(2)3/h16-20H,2,10-14H2,1,3-9H3/t16?,17-,18?,19?,20?,21?/m0/s1. The van der Waals surface area contributed by atoms with Crippen molar-refractivity contribution in [2.75, 3.05) is 13.6 Å². The van der Waals surface area contributed by atoms with E-state index in [4.69, 9.17) is 0 Å². The zero-order valence-corrected chi connectivity index (χ0v) is 16.6. The Morgan fingerprint density at radius 1 is 1.23 bits per heavy atom. The molecule has 0 aromatic carbocycles. The average molecular weight is 308 g/mol. The Hall–Kier alpha value is -0.300. The molecule has 0 aliphatic heterocycles. The molecule has 0 saturated heterocycles. The summed E-state index contributed by atoms with van der Waals surface area (Å²) in [7, 11) is 2.33. The van der Waals surface area contributed by atoms with Gasteiger partial charge in [0.15, 0.2) is 0 Å². The SMILES string of the molecule is C=C(C)C(C)C(C)CC1(C)C[C@H](C)C(C)CCC1N(C)CC. The Balaban J connectivity index is 3.00. The lowest BCUT2D eigenvalue weighted by Gasteiger charge is -2.45. The fourth-order valence-corrected chi connectivity index (χ4v) is 4.72. The molecule has 6 atom stereocenters.